The number of halogens is 1. The van der Waals surface area contributed by atoms with Crippen LogP contribution in [0.1, 0.15) is 56.9 Å². The largest absolute Gasteiger partial charge is 0.494 e. The SMILES string of the molecule is COc1c(Cl)ccc2[nH]c(C(=O)N[C@@H](CC(C)(C)C)C(=O)N[C@H](C#N)C[C@@H]3CCCNC3=O)cc12. The van der Waals surface area contributed by atoms with Crippen molar-refractivity contribution in [2.75, 3.05) is 13.7 Å². The molecule has 0 unspecified atom stereocenters. The lowest BCUT2D eigenvalue weighted by atomic mass is 9.87. The van der Waals surface area contributed by atoms with E-state index in [0.29, 0.717) is 41.1 Å². The van der Waals surface area contributed by atoms with Crippen LogP contribution in [0.15, 0.2) is 18.2 Å². The molecule has 1 aliphatic rings. The number of aromatic amines is 1. The molecule has 2 aromatic rings. The Morgan fingerprint density at radius 2 is 2.06 bits per heavy atom. The maximum Gasteiger partial charge on any atom is 0.268 e. The monoisotopic (exact) mass is 501 g/mol. The molecule has 9 nitrogen and oxygen atoms in total. The van der Waals surface area contributed by atoms with Crippen LogP contribution >= 0.6 is 11.6 Å². The Labute approximate surface area is 209 Å². The molecule has 35 heavy (non-hydrogen) atoms. The Bertz CT molecular complexity index is 1150. The Morgan fingerprint density at radius 1 is 1.31 bits per heavy atom. The summed E-state index contributed by atoms with van der Waals surface area (Å²) in [6, 6.07) is 5.41. The molecule has 3 rings (SSSR count). The molecule has 0 radical (unpaired) electrons. The molecule has 1 aliphatic heterocycles. The van der Waals surface area contributed by atoms with Gasteiger partial charge in [-0.2, -0.15) is 5.26 Å². The first-order valence-electron chi connectivity index (χ1n) is 11.7. The molecule has 0 spiro atoms. The van der Waals surface area contributed by atoms with Crippen LogP contribution in [0.2, 0.25) is 5.02 Å². The summed E-state index contributed by atoms with van der Waals surface area (Å²) in [5.41, 5.74) is 0.643. The van der Waals surface area contributed by atoms with E-state index >= 15 is 0 Å². The summed E-state index contributed by atoms with van der Waals surface area (Å²) in [6.07, 6.45) is 2.09. The van der Waals surface area contributed by atoms with Gasteiger partial charge >= 0.3 is 0 Å². The van der Waals surface area contributed by atoms with Crippen molar-refractivity contribution in [1.29, 1.82) is 5.26 Å². The van der Waals surface area contributed by atoms with Gasteiger partial charge in [0.1, 0.15) is 23.5 Å². The number of amides is 3. The highest BCUT2D eigenvalue weighted by atomic mass is 35.5. The Hall–Kier alpha value is -3.25. The van der Waals surface area contributed by atoms with Gasteiger partial charge in [-0.25, -0.2) is 0 Å². The molecule has 1 aromatic heterocycles. The second-order valence-electron chi connectivity index (χ2n) is 10.1. The van der Waals surface area contributed by atoms with Crippen molar-refractivity contribution >= 4 is 40.2 Å². The van der Waals surface area contributed by atoms with Crippen LogP contribution in [0.4, 0.5) is 0 Å². The summed E-state index contributed by atoms with van der Waals surface area (Å²) in [5, 5.41) is 19.0. The van der Waals surface area contributed by atoms with Crippen molar-refractivity contribution in [3.8, 4) is 11.8 Å². The van der Waals surface area contributed by atoms with Crippen molar-refractivity contribution in [3.05, 3.63) is 28.9 Å². The van der Waals surface area contributed by atoms with E-state index in [2.05, 4.69) is 27.0 Å². The summed E-state index contributed by atoms with van der Waals surface area (Å²) in [7, 11) is 1.50. The van der Waals surface area contributed by atoms with Gasteiger partial charge in [0.05, 0.1) is 18.2 Å². The van der Waals surface area contributed by atoms with Gasteiger partial charge in [0.15, 0.2) is 0 Å². The van der Waals surface area contributed by atoms with Crippen LogP contribution in [0.3, 0.4) is 0 Å². The van der Waals surface area contributed by atoms with Crippen molar-refractivity contribution in [3.63, 3.8) is 0 Å². The molecule has 0 aliphatic carbocycles. The highest BCUT2D eigenvalue weighted by molar-refractivity contribution is 6.33. The number of hydrogen-bond acceptors (Lipinski definition) is 5. The molecule has 4 N–H and O–H groups in total. The van der Waals surface area contributed by atoms with Gasteiger partial charge in [-0.15, -0.1) is 0 Å². The third kappa shape index (κ3) is 6.67. The zero-order valence-electron chi connectivity index (χ0n) is 20.5. The van der Waals surface area contributed by atoms with E-state index in [1.165, 1.54) is 7.11 Å². The zero-order chi connectivity index (χ0) is 25.8. The van der Waals surface area contributed by atoms with Crippen LogP contribution in [0, 0.1) is 22.7 Å². The number of ether oxygens (including phenoxy) is 1. The van der Waals surface area contributed by atoms with E-state index in [4.69, 9.17) is 16.3 Å². The fourth-order valence-corrected chi connectivity index (χ4v) is 4.54. The van der Waals surface area contributed by atoms with Crippen LogP contribution < -0.4 is 20.7 Å². The number of carbonyl (C=O) groups is 3. The van der Waals surface area contributed by atoms with Gasteiger partial charge in [0.2, 0.25) is 11.8 Å². The van der Waals surface area contributed by atoms with Crippen LogP contribution in [-0.4, -0.2) is 48.4 Å². The van der Waals surface area contributed by atoms with E-state index in [0.717, 1.165) is 6.42 Å². The molecule has 0 bridgehead atoms. The third-order valence-corrected chi connectivity index (χ3v) is 6.28. The fourth-order valence-electron chi connectivity index (χ4n) is 4.30. The number of hydrogen-bond donors (Lipinski definition) is 4. The number of nitriles is 1. The molecular weight excluding hydrogens is 470 g/mol. The summed E-state index contributed by atoms with van der Waals surface area (Å²) < 4.78 is 5.36. The molecule has 1 fully saturated rings. The highest BCUT2D eigenvalue weighted by Gasteiger charge is 2.31. The molecule has 188 valence electrons. The molecule has 3 amide bonds. The Kier molecular flexibility index (Phi) is 8.28. The van der Waals surface area contributed by atoms with Crippen LogP contribution in [-0.2, 0) is 9.59 Å². The number of benzene rings is 1. The topological polar surface area (TPSA) is 136 Å². The zero-order valence-corrected chi connectivity index (χ0v) is 21.2. The fraction of sp³-hybridized carbons (Fsp3) is 0.520. The molecule has 2 heterocycles. The lowest BCUT2D eigenvalue weighted by molar-refractivity contribution is -0.128. The first kappa shape index (κ1) is 26.4. The maximum absolute atomic E-state index is 13.2. The second kappa shape index (κ2) is 11.0. The van der Waals surface area contributed by atoms with E-state index in [1.54, 1.807) is 18.2 Å². The minimum Gasteiger partial charge on any atom is -0.494 e. The second-order valence-corrected chi connectivity index (χ2v) is 10.5. The van der Waals surface area contributed by atoms with E-state index < -0.39 is 23.9 Å². The normalized spacial score (nSPS) is 17.7. The first-order chi connectivity index (χ1) is 16.5. The highest BCUT2D eigenvalue weighted by Crippen LogP contribution is 2.33. The number of nitrogens with zero attached hydrogens (tertiary/aromatic N) is 1. The molecular formula is C25H32ClN5O4. The van der Waals surface area contributed by atoms with Gasteiger partial charge in [0, 0.05) is 23.4 Å². The number of carbonyl (C=O) groups excluding carboxylic acids is 3. The van der Waals surface area contributed by atoms with Gasteiger partial charge in [-0.1, -0.05) is 32.4 Å². The summed E-state index contributed by atoms with van der Waals surface area (Å²) >= 11 is 6.19. The smallest absolute Gasteiger partial charge is 0.268 e. The molecule has 3 atom stereocenters. The van der Waals surface area contributed by atoms with Crippen LogP contribution in [0.25, 0.3) is 10.9 Å². The van der Waals surface area contributed by atoms with Gasteiger partial charge < -0.3 is 25.7 Å². The molecule has 1 saturated heterocycles. The number of aromatic nitrogens is 1. The summed E-state index contributed by atoms with van der Waals surface area (Å²) in [6.45, 7) is 6.51. The first-order valence-corrected chi connectivity index (χ1v) is 12.0. The summed E-state index contributed by atoms with van der Waals surface area (Å²) in [5.74, 6) is -0.902. The average molecular weight is 502 g/mol. The number of nitrogens with one attached hydrogen (secondary N) is 4. The van der Waals surface area contributed by atoms with Gasteiger partial charge in [0.25, 0.3) is 5.91 Å². The minimum absolute atomic E-state index is 0.0976. The lowest BCUT2D eigenvalue weighted by Gasteiger charge is -2.28. The Morgan fingerprint density at radius 3 is 2.69 bits per heavy atom. The van der Waals surface area contributed by atoms with Crippen molar-refractivity contribution in [1.82, 2.24) is 20.9 Å². The number of rotatable bonds is 8. The predicted molar refractivity (Wildman–Crippen MR) is 133 cm³/mol. The quantitative estimate of drug-likeness (QED) is 0.440. The minimum atomic E-state index is -0.879. The third-order valence-electron chi connectivity index (χ3n) is 5.99. The van der Waals surface area contributed by atoms with Crippen molar-refractivity contribution in [2.24, 2.45) is 11.3 Å². The van der Waals surface area contributed by atoms with Gasteiger partial charge in [-0.05, 0) is 49.3 Å². The van der Waals surface area contributed by atoms with E-state index in [1.807, 2.05) is 20.8 Å². The molecule has 1 aromatic carbocycles. The average Bonchev–Trinajstić information content (AvgIpc) is 3.23. The van der Waals surface area contributed by atoms with Crippen molar-refractivity contribution in [2.45, 2.75) is 58.5 Å². The molecule has 0 saturated carbocycles. The summed E-state index contributed by atoms with van der Waals surface area (Å²) in [4.78, 5) is 41.4. The predicted octanol–water partition coefficient (Wildman–Crippen LogP) is 3.29. The lowest BCUT2D eigenvalue weighted by Crippen LogP contribution is -2.51. The van der Waals surface area contributed by atoms with Gasteiger partial charge in [-0.3, -0.25) is 14.4 Å². The maximum atomic E-state index is 13.2. The van der Waals surface area contributed by atoms with Crippen molar-refractivity contribution < 1.29 is 19.1 Å². The number of methoxy groups -OCH3 is 1. The van der Waals surface area contributed by atoms with E-state index in [-0.39, 0.29) is 29.4 Å². The number of fused-ring (bicyclic) bond motifs is 1. The molecule has 10 heteroatoms. The van der Waals surface area contributed by atoms with E-state index in [9.17, 15) is 19.6 Å². The number of piperidine rings is 1. The standard InChI is InChI=1S/C25H32ClN5O4/c1-25(2,3)12-20(24(34)29-15(13-27)10-14-6-5-9-28-22(14)32)31-23(33)19-11-16-18(30-19)8-7-17(26)21(16)35-4/h7-8,11,14-15,20,30H,5-6,9-10,12H2,1-4H3,(H,28,32)(H,29,34)(H,31,33)/t14-,15-,20-/m0/s1. The van der Waals surface area contributed by atoms with Crippen LogP contribution in [0.5, 0.6) is 5.75 Å². The Balaban J connectivity index is 1.76. The number of H-pyrrole nitrogens is 1.